The van der Waals surface area contributed by atoms with Crippen molar-refractivity contribution in [2.75, 3.05) is 6.54 Å². The van der Waals surface area contributed by atoms with E-state index < -0.39 is 164 Å². The molecule has 0 spiro atoms. The standard InChI is InChI=1S/C20BF20O4.C12H12F7N/c22-1-5(26)13(34)42-17(38,9(1)30)21(18(39)10(31)2(23)6(27)14(35)43-18,19(40)11(32)3(24)7(28)15(36)44-19)20(41)12(33)4(25)8(29)16(37)45-20;1-2-3-7-20(12(18,19)11(15,16)17)9-6-4-5-8(13)10(9)14/h;4-6H,2-3,7H2,1H3/q-1;/p+1. The predicted molar refractivity (Wildman–Crippen MR) is 157 cm³/mol. The first kappa shape index (κ1) is 52.1. The van der Waals surface area contributed by atoms with E-state index in [2.05, 4.69) is 18.9 Å². The summed E-state index contributed by atoms with van der Waals surface area (Å²) < 4.78 is 399. The molecule has 1 aromatic carbocycles. The third-order valence-electron chi connectivity index (χ3n) is 9.40. The van der Waals surface area contributed by atoms with Gasteiger partial charge in [0, 0.05) is 6.07 Å². The van der Waals surface area contributed by atoms with Crippen LogP contribution in [0.3, 0.4) is 0 Å². The van der Waals surface area contributed by atoms with Gasteiger partial charge in [0.15, 0.2) is 81.1 Å². The van der Waals surface area contributed by atoms with Gasteiger partial charge >= 0.3 is 42.4 Å². The molecular weight excluding hydrogens is 986 g/mol. The van der Waals surface area contributed by atoms with Crippen LogP contribution in [-0.2, 0) is 18.9 Å². The maximum Gasteiger partial charge on any atom is 0.515 e. The topological polar surface area (TPSA) is 41.4 Å². The van der Waals surface area contributed by atoms with E-state index in [0.717, 1.165) is 12.1 Å². The molecule has 4 heterocycles. The molecule has 0 saturated carbocycles. The van der Waals surface area contributed by atoms with Gasteiger partial charge in [-0.15, -0.1) is 8.78 Å². The van der Waals surface area contributed by atoms with Gasteiger partial charge in [-0.2, -0.15) is 52.7 Å². The molecule has 5 atom stereocenters. The third kappa shape index (κ3) is 7.33. The Kier molecular flexibility index (Phi) is 13.7. The highest BCUT2D eigenvalue weighted by Crippen LogP contribution is 2.69. The zero-order valence-corrected chi connectivity index (χ0v) is 30.3. The van der Waals surface area contributed by atoms with E-state index in [1.54, 1.807) is 6.92 Å². The fourth-order valence-corrected chi connectivity index (χ4v) is 6.48. The summed E-state index contributed by atoms with van der Waals surface area (Å²) in [4.78, 5) is -1.44. The normalized spacial score (nSPS) is 28.5. The minimum Gasteiger partial charge on any atom is -0.461 e. The average molecular weight is 999 g/mol. The number of halogens is 27. The quantitative estimate of drug-likeness (QED) is 0.152. The van der Waals surface area contributed by atoms with E-state index in [1.165, 1.54) is 0 Å². The summed E-state index contributed by atoms with van der Waals surface area (Å²) in [6.07, 6.45) is -14.5. The Labute approximate surface area is 340 Å². The molecule has 1 aromatic rings. The Morgan fingerprint density at radius 3 is 1.03 bits per heavy atom. The second kappa shape index (κ2) is 17.0. The van der Waals surface area contributed by atoms with Gasteiger partial charge in [0.2, 0.25) is 29.1 Å². The van der Waals surface area contributed by atoms with Crippen LogP contribution in [0.5, 0.6) is 0 Å². The molecule has 5 rings (SSSR count). The van der Waals surface area contributed by atoms with Crippen LogP contribution in [-0.4, -0.2) is 47.9 Å². The van der Waals surface area contributed by atoms with Crippen molar-refractivity contribution in [2.45, 2.75) is 55.0 Å². The number of allylic oxidation sites excluding steroid dienone is 8. The van der Waals surface area contributed by atoms with Crippen LogP contribution in [0.25, 0.3) is 0 Å². The minimum absolute atomic E-state index is 0.0109. The number of quaternary nitrogens is 1. The largest absolute Gasteiger partial charge is 0.515 e. The van der Waals surface area contributed by atoms with E-state index in [4.69, 9.17) is 0 Å². The van der Waals surface area contributed by atoms with Gasteiger partial charge in [0.05, 0.1) is 6.54 Å². The first-order valence-electron chi connectivity index (χ1n) is 16.4. The Balaban J connectivity index is 0.000000387. The number of rotatable bonds is 9. The summed E-state index contributed by atoms with van der Waals surface area (Å²) in [5, 5.41) is 0. The van der Waals surface area contributed by atoms with Gasteiger partial charge < -0.3 is 18.9 Å². The molecular formula is C32H13BF27NO4. The number of ether oxygens (including phenoxy) is 4. The minimum atomic E-state index is -8.98. The molecule has 5 unspecified atom stereocenters. The highest BCUT2D eigenvalue weighted by Gasteiger charge is 2.93. The van der Waals surface area contributed by atoms with Gasteiger partial charge in [0.1, 0.15) is 0 Å². The van der Waals surface area contributed by atoms with E-state index >= 15 is 35.1 Å². The molecule has 0 aromatic heterocycles. The maximum absolute atomic E-state index is 16.7. The number of hydrogen-bond donors (Lipinski definition) is 1. The summed E-state index contributed by atoms with van der Waals surface area (Å²) in [7, 11) is 0. The summed E-state index contributed by atoms with van der Waals surface area (Å²) in [6.45, 7) is 0.925. The van der Waals surface area contributed by atoms with E-state index in [0.29, 0.717) is 12.5 Å². The van der Waals surface area contributed by atoms with Crippen LogP contribution in [0.2, 0.25) is 0 Å². The van der Waals surface area contributed by atoms with Crippen LogP contribution < -0.4 is 4.90 Å². The van der Waals surface area contributed by atoms with Crippen molar-refractivity contribution in [3.8, 4) is 0 Å². The molecule has 1 N–H and O–H groups in total. The van der Waals surface area contributed by atoms with Crippen molar-refractivity contribution < 1.29 is 142 Å². The van der Waals surface area contributed by atoms with E-state index in [9.17, 15) is 83.4 Å². The fraction of sp³-hybridized carbons (Fsp3) is 0.312. The Hall–Kier alpha value is -5.53. The molecule has 0 saturated heterocycles. The molecule has 65 heavy (non-hydrogen) atoms. The SMILES string of the molecule is CCCC[NH+](c1cccc(F)c1F)C(F)(F)C(F)(F)F.FC1=C(F)C(F)=C(F)C(F)([B-](C2(F)OC(F)=C(F)C(F)=C2F)(C2(F)OC(F)=C(F)C(F)=C2F)C2(F)OC(F)=C(F)C(F)=C2F)O1. The average Bonchev–Trinajstić information content (AvgIpc) is 3.22. The Morgan fingerprint density at radius 2 is 0.769 bits per heavy atom. The van der Waals surface area contributed by atoms with Crippen LogP contribution in [0.4, 0.5) is 124 Å². The molecule has 0 aliphatic carbocycles. The lowest BCUT2D eigenvalue weighted by Gasteiger charge is -2.63. The summed E-state index contributed by atoms with van der Waals surface area (Å²) in [5.74, 6) is -80.4. The van der Waals surface area contributed by atoms with Crippen LogP contribution >= 0.6 is 0 Å². The van der Waals surface area contributed by atoms with E-state index in [1.807, 2.05) is 0 Å². The number of alkyl halides is 9. The molecule has 0 radical (unpaired) electrons. The molecule has 0 amide bonds. The maximum atomic E-state index is 16.7. The second-order valence-electron chi connectivity index (χ2n) is 13.0. The highest BCUT2D eigenvalue weighted by atomic mass is 19.4. The lowest BCUT2D eigenvalue weighted by molar-refractivity contribution is -0.951. The molecule has 5 nitrogen and oxygen atoms in total. The Bertz CT molecular complexity index is 2180. The summed E-state index contributed by atoms with van der Waals surface area (Å²) in [6, 6.07) is -18.5. The van der Waals surface area contributed by atoms with Crippen LogP contribution in [0.15, 0.2) is 112 Å². The fourth-order valence-electron chi connectivity index (χ4n) is 6.48. The number of nitrogens with one attached hydrogen (secondary N) is 1. The van der Waals surface area contributed by atoms with Gasteiger partial charge in [-0.25, -0.2) is 62.0 Å². The number of unbranched alkanes of at least 4 members (excludes halogenated alkanes) is 1. The zero-order chi connectivity index (χ0) is 50.1. The smallest absolute Gasteiger partial charge is 0.461 e. The van der Waals surface area contributed by atoms with Crippen molar-refractivity contribution in [2.24, 2.45) is 0 Å². The monoisotopic (exact) mass is 999 g/mol. The summed E-state index contributed by atoms with van der Waals surface area (Å²) in [5.41, 5.74) is -1.03. The van der Waals surface area contributed by atoms with Crippen molar-refractivity contribution >= 4 is 11.8 Å². The third-order valence-corrected chi connectivity index (χ3v) is 9.40. The van der Waals surface area contributed by atoms with Gasteiger partial charge in [0.25, 0.3) is 0 Å². The van der Waals surface area contributed by atoms with Crippen molar-refractivity contribution in [1.82, 2.24) is 0 Å². The Morgan fingerprint density at radius 1 is 0.477 bits per heavy atom. The first-order chi connectivity index (χ1) is 29.6. The van der Waals surface area contributed by atoms with Crippen molar-refractivity contribution in [3.63, 3.8) is 0 Å². The lowest BCUT2D eigenvalue weighted by Crippen LogP contribution is -3.16. The second-order valence-corrected chi connectivity index (χ2v) is 13.0. The van der Waals surface area contributed by atoms with E-state index in [-0.39, 0.29) is 6.42 Å². The molecule has 4 aliphatic rings. The van der Waals surface area contributed by atoms with Crippen molar-refractivity contribution in [1.29, 1.82) is 0 Å². The summed E-state index contributed by atoms with van der Waals surface area (Å²) >= 11 is 0. The number of benzene rings is 1. The predicted octanol–water partition coefficient (Wildman–Crippen LogP) is 12.8. The molecule has 0 bridgehead atoms. The molecule has 33 heteroatoms. The van der Waals surface area contributed by atoms with Gasteiger partial charge in [-0.1, -0.05) is 19.4 Å². The van der Waals surface area contributed by atoms with Gasteiger partial charge in [-0.05, 0) is 12.5 Å². The van der Waals surface area contributed by atoms with Crippen molar-refractivity contribution in [3.05, 3.63) is 124 Å². The number of hydrogen-bond acceptors (Lipinski definition) is 4. The highest BCUT2D eigenvalue weighted by molar-refractivity contribution is 6.91. The van der Waals surface area contributed by atoms with Crippen LogP contribution in [0, 0.1) is 11.6 Å². The molecule has 4 aliphatic heterocycles. The first-order valence-corrected chi connectivity index (χ1v) is 16.4. The van der Waals surface area contributed by atoms with Gasteiger partial charge in [-0.3, -0.25) is 0 Å². The zero-order valence-electron chi connectivity index (χ0n) is 30.3. The molecule has 0 fully saturated rings. The van der Waals surface area contributed by atoms with Crippen LogP contribution in [0.1, 0.15) is 19.8 Å². The molecule has 362 valence electrons. The lowest BCUT2D eigenvalue weighted by atomic mass is 9.08.